The first kappa shape index (κ1) is 27.4. The van der Waals surface area contributed by atoms with Gasteiger partial charge in [-0.05, 0) is 61.8 Å². The second kappa shape index (κ2) is 14.4. The monoisotopic (exact) mass is 465 g/mol. The summed E-state index contributed by atoms with van der Waals surface area (Å²) in [6, 6.07) is 21.6. The minimum Gasteiger partial charge on any atom is -0.513 e. The van der Waals surface area contributed by atoms with Crippen molar-refractivity contribution in [2.24, 2.45) is 0 Å². The molecular weight excluding hydrogens is 426 g/mol. The molecule has 2 aromatic rings. The number of allylic oxidation sites excluding steroid dienone is 4. The van der Waals surface area contributed by atoms with Crippen molar-refractivity contribution in [3.05, 3.63) is 94.8 Å². The number of aliphatic hydroxyl groups is 3. The van der Waals surface area contributed by atoms with Crippen molar-refractivity contribution in [2.75, 3.05) is 26.8 Å². The molecule has 4 rings (SSSR count). The SMILES string of the molecule is CC1=C(/C=C(\C)O)CC[C@H](c2ccccc2)[C@@H]1c1ccccc1.CO.O=C1CCCN1CCO. The average Bonchev–Trinajstić information content (AvgIpc) is 3.27. The molecule has 184 valence electrons. The fourth-order valence-electron chi connectivity index (χ4n) is 4.88. The molecule has 3 N–H and O–H groups in total. The van der Waals surface area contributed by atoms with E-state index in [9.17, 15) is 9.90 Å². The molecule has 1 heterocycles. The normalized spacial score (nSPS) is 20.3. The molecule has 2 aliphatic rings. The van der Waals surface area contributed by atoms with Crippen molar-refractivity contribution < 1.29 is 20.1 Å². The van der Waals surface area contributed by atoms with Gasteiger partial charge in [0.25, 0.3) is 0 Å². The van der Waals surface area contributed by atoms with Gasteiger partial charge in [-0.1, -0.05) is 66.2 Å². The maximum absolute atomic E-state index is 10.8. The lowest BCUT2D eigenvalue weighted by atomic mass is 9.69. The molecule has 1 aliphatic heterocycles. The third-order valence-corrected chi connectivity index (χ3v) is 6.41. The summed E-state index contributed by atoms with van der Waals surface area (Å²) in [7, 11) is 1.00. The summed E-state index contributed by atoms with van der Waals surface area (Å²) in [4.78, 5) is 12.5. The molecule has 2 atom stereocenters. The van der Waals surface area contributed by atoms with Crippen LogP contribution in [-0.2, 0) is 4.79 Å². The van der Waals surface area contributed by atoms with Gasteiger partial charge in [0.1, 0.15) is 0 Å². The standard InChI is InChI=1S/C22H24O.C6H11NO2.CH4O/c1-16(23)15-20-13-14-21(18-9-5-3-6-10-18)22(17(20)2)19-11-7-4-8-12-19;8-5-4-7-3-1-2-6(7)9;1-2/h3-12,15,21-23H,13-14H2,1-2H3;8H,1-5H2;2H,1H3/b16-15+;;/t21-,22+;;/m1../s1. The van der Waals surface area contributed by atoms with Crippen LogP contribution in [0.1, 0.15) is 62.5 Å². The van der Waals surface area contributed by atoms with Crippen LogP contribution in [0.5, 0.6) is 0 Å². The zero-order valence-electron chi connectivity index (χ0n) is 20.7. The van der Waals surface area contributed by atoms with Crippen LogP contribution in [0.25, 0.3) is 0 Å². The summed E-state index contributed by atoms with van der Waals surface area (Å²) < 4.78 is 0. The Morgan fingerprint density at radius 3 is 2.09 bits per heavy atom. The second-order valence-corrected chi connectivity index (χ2v) is 8.65. The lowest BCUT2D eigenvalue weighted by Crippen LogP contribution is -2.27. The summed E-state index contributed by atoms with van der Waals surface area (Å²) in [5.74, 6) is 1.45. The predicted molar refractivity (Wildman–Crippen MR) is 138 cm³/mol. The van der Waals surface area contributed by atoms with Gasteiger partial charge in [0.2, 0.25) is 5.91 Å². The first-order chi connectivity index (χ1) is 16.5. The summed E-state index contributed by atoms with van der Waals surface area (Å²) in [5, 5.41) is 25.1. The van der Waals surface area contributed by atoms with E-state index in [-0.39, 0.29) is 12.5 Å². The predicted octanol–water partition coefficient (Wildman–Crippen LogP) is 5.34. The van der Waals surface area contributed by atoms with Crippen molar-refractivity contribution in [3.8, 4) is 0 Å². The first-order valence-electron chi connectivity index (χ1n) is 12.0. The van der Waals surface area contributed by atoms with E-state index in [4.69, 9.17) is 10.2 Å². The number of likely N-dealkylation sites (tertiary alicyclic amines) is 1. The summed E-state index contributed by atoms with van der Waals surface area (Å²) in [6.45, 7) is 5.41. The number of hydrogen-bond donors (Lipinski definition) is 3. The van der Waals surface area contributed by atoms with Crippen LogP contribution in [-0.4, -0.2) is 52.9 Å². The Morgan fingerprint density at radius 1 is 1.00 bits per heavy atom. The number of β-amino-alcohol motifs (C(OH)–C–C–N with tert-alkyl or cyclic N) is 1. The molecule has 1 saturated heterocycles. The molecule has 5 heteroatoms. The van der Waals surface area contributed by atoms with Crippen molar-refractivity contribution in [1.29, 1.82) is 0 Å². The maximum atomic E-state index is 10.8. The van der Waals surface area contributed by atoms with Crippen LogP contribution in [0.4, 0.5) is 0 Å². The molecule has 34 heavy (non-hydrogen) atoms. The number of hydrogen-bond acceptors (Lipinski definition) is 4. The molecule has 0 saturated carbocycles. The largest absolute Gasteiger partial charge is 0.513 e. The van der Waals surface area contributed by atoms with Gasteiger partial charge in [-0.25, -0.2) is 0 Å². The van der Waals surface area contributed by atoms with Gasteiger partial charge in [-0.2, -0.15) is 0 Å². The molecule has 0 bridgehead atoms. The van der Waals surface area contributed by atoms with Gasteiger partial charge in [0.05, 0.1) is 12.4 Å². The van der Waals surface area contributed by atoms with E-state index in [0.29, 0.717) is 30.6 Å². The second-order valence-electron chi connectivity index (χ2n) is 8.65. The third-order valence-electron chi connectivity index (χ3n) is 6.41. The number of benzene rings is 2. The van der Waals surface area contributed by atoms with E-state index in [2.05, 4.69) is 67.6 Å². The molecule has 1 fully saturated rings. The molecule has 5 nitrogen and oxygen atoms in total. The van der Waals surface area contributed by atoms with Crippen molar-refractivity contribution in [1.82, 2.24) is 4.90 Å². The van der Waals surface area contributed by atoms with E-state index in [1.54, 1.807) is 11.8 Å². The van der Waals surface area contributed by atoms with E-state index in [1.165, 1.54) is 22.3 Å². The van der Waals surface area contributed by atoms with E-state index in [1.807, 2.05) is 6.08 Å². The van der Waals surface area contributed by atoms with Crippen molar-refractivity contribution >= 4 is 5.91 Å². The Bertz CT molecular complexity index is 933. The smallest absolute Gasteiger partial charge is 0.222 e. The van der Waals surface area contributed by atoms with E-state index in [0.717, 1.165) is 32.9 Å². The Hall–Kier alpha value is -2.89. The number of aliphatic hydroxyl groups excluding tert-OH is 3. The highest BCUT2D eigenvalue weighted by Crippen LogP contribution is 2.47. The zero-order chi connectivity index (χ0) is 24.9. The third kappa shape index (κ3) is 7.57. The summed E-state index contributed by atoms with van der Waals surface area (Å²) >= 11 is 0. The van der Waals surface area contributed by atoms with Gasteiger partial charge in [-0.3, -0.25) is 4.79 Å². The molecular formula is C29H39NO4. The van der Waals surface area contributed by atoms with Crippen LogP contribution in [0.2, 0.25) is 0 Å². The minimum atomic E-state index is 0.0890. The maximum Gasteiger partial charge on any atom is 0.222 e. The van der Waals surface area contributed by atoms with Gasteiger partial charge < -0.3 is 20.2 Å². The number of carbonyl (C=O) groups excluding carboxylic acids is 1. The Morgan fingerprint density at radius 2 is 1.59 bits per heavy atom. The first-order valence-corrected chi connectivity index (χ1v) is 12.0. The zero-order valence-corrected chi connectivity index (χ0v) is 20.7. The Balaban J connectivity index is 0.000000311. The average molecular weight is 466 g/mol. The minimum absolute atomic E-state index is 0.0890. The lowest BCUT2D eigenvalue weighted by Gasteiger charge is -2.35. The van der Waals surface area contributed by atoms with Crippen LogP contribution in [0.3, 0.4) is 0 Å². The van der Waals surface area contributed by atoms with Gasteiger partial charge in [0, 0.05) is 32.5 Å². The molecule has 0 aromatic heterocycles. The highest BCUT2D eigenvalue weighted by atomic mass is 16.3. The van der Waals surface area contributed by atoms with E-state index < -0.39 is 0 Å². The summed E-state index contributed by atoms with van der Waals surface area (Å²) in [6.07, 6.45) is 5.69. The van der Waals surface area contributed by atoms with Crippen LogP contribution >= 0.6 is 0 Å². The van der Waals surface area contributed by atoms with Gasteiger partial charge in [0.15, 0.2) is 0 Å². The highest BCUT2D eigenvalue weighted by Gasteiger charge is 2.31. The van der Waals surface area contributed by atoms with Crippen LogP contribution in [0.15, 0.2) is 83.6 Å². The number of carbonyl (C=O) groups is 1. The fraction of sp³-hybridized carbons (Fsp3) is 0.414. The Kier molecular flexibility index (Phi) is 11.6. The van der Waals surface area contributed by atoms with E-state index >= 15 is 0 Å². The Labute approximate surface area is 204 Å². The van der Waals surface area contributed by atoms with Gasteiger partial charge >= 0.3 is 0 Å². The molecule has 1 aliphatic carbocycles. The summed E-state index contributed by atoms with van der Waals surface area (Å²) in [5.41, 5.74) is 5.43. The molecule has 1 amide bonds. The van der Waals surface area contributed by atoms with Crippen LogP contribution in [0, 0.1) is 0 Å². The number of nitrogens with zero attached hydrogens (tertiary/aromatic N) is 1. The molecule has 0 unspecified atom stereocenters. The molecule has 0 radical (unpaired) electrons. The van der Waals surface area contributed by atoms with Crippen LogP contribution < -0.4 is 0 Å². The van der Waals surface area contributed by atoms with Crippen molar-refractivity contribution in [2.45, 2.75) is 51.4 Å². The quantitative estimate of drug-likeness (QED) is 0.521. The number of rotatable bonds is 5. The number of amides is 1. The highest BCUT2D eigenvalue weighted by molar-refractivity contribution is 5.78. The topological polar surface area (TPSA) is 81.0 Å². The van der Waals surface area contributed by atoms with Crippen molar-refractivity contribution in [3.63, 3.8) is 0 Å². The fourth-order valence-corrected chi connectivity index (χ4v) is 4.88. The van der Waals surface area contributed by atoms with Gasteiger partial charge in [-0.15, -0.1) is 0 Å². The molecule has 0 spiro atoms. The lowest BCUT2D eigenvalue weighted by molar-refractivity contribution is -0.128. The molecule has 2 aromatic carbocycles.